The molecule has 4 N–H and O–H groups in total. The number of ether oxygens (including phenoxy) is 2. The van der Waals surface area contributed by atoms with Crippen LogP contribution in [-0.2, 0) is 9.47 Å². The van der Waals surface area contributed by atoms with Crippen LogP contribution in [0.5, 0.6) is 0 Å². The molecule has 0 aliphatic carbocycles. The summed E-state index contributed by atoms with van der Waals surface area (Å²) in [6, 6.07) is 0. The first-order chi connectivity index (χ1) is 12.6. The Hall–Kier alpha value is -0.240. The third-order valence-corrected chi connectivity index (χ3v) is 5.00. The van der Waals surface area contributed by atoms with E-state index in [1.54, 1.807) is 0 Å². The van der Waals surface area contributed by atoms with Gasteiger partial charge in [0, 0.05) is 13.2 Å². The quantitative estimate of drug-likeness (QED) is 0.329. The predicted octanol–water partition coefficient (Wildman–Crippen LogP) is 2.34. The van der Waals surface area contributed by atoms with Crippen molar-refractivity contribution in [2.45, 2.75) is 109 Å². The molecule has 0 aromatic carbocycles. The van der Waals surface area contributed by atoms with Crippen LogP contribution in [0, 0.1) is 0 Å². The van der Waals surface area contributed by atoms with Crippen molar-refractivity contribution < 1.29 is 24.8 Å². The molecule has 0 aromatic rings. The lowest BCUT2D eigenvalue weighted by molar-refractivity contribution is -0.295. The summed E-state index contributed by atoms with van der Waals surface area (Å²) < 4.78 is 11.2. The summed E-state index contributed by atoms with van der Waals surface area (Å²) in [6.45, 7) is 6.06. The molecule has 0 amide bonds. The van der Waals surface area contributed by atoms with Crippen molar-refractivity contribution in [3.63, 3.8) is 0 Å². The van der Waals surface area contributed by atoms with E-state index in [2.05, 4.69) is 19.2 Å². The molecule has 6 nitrogen and oxygen atoms in total. The molecule has 0 saturated carbocycles. The zero-order chi connectivity index (χ0) is 19.2. The molecule has 1 heterocycles. The Morgan fingerprint density at radius 3 is 2.04 bits per heavy atom. The standard InChI is InChI=1S/C20H41NO5/c1-3-5-7-8-9-10-11-12-13-21-15-16-17(22)18(23)19(24)20(26-16)25-14-6-4-2/h16-24H,3-15H2,1-2H3/t16-,17-,18+,19-,20?/m1/s1. The van der Waals surface area contributed by atoms with E-state index in [4.69, 9.17) is 9.47 Å². The lowest BCUT2D eigenvalue weighted by Gasteiger charge is -2.40. The van der Waals surface area contributed by atoms with Crippen molar-refractivity contribution in [2.75, 3.05) is 19.7 Å². The molecule has 156 valence electrons. The molecule has 1 aliphatic heterocycles. The van der Waals surface area contributed by atoms with Gasteiger partial charge in [0.15, 0.2) is 6.29 Å². The number of hydrogen-bond donors (Lipinski definition) is 4. The minimum Gasteiger partial charge on any atom is -0.388 e. The fourth-order valence-electron chi connectivity index (χ4n) is 3.19. The number of nitrogens with one attached hydrogen (secondary N) is 1. The van der Waals surface area contributed by atoms with Gasteiger partial charge >= 0.3 is 0 Å². The molecule has 26 heavy (non-hydrogen) atoms. The molecule has 0 radical (unpaired) electrons. The predicted molar refractivity (Wildman–Crippen MR) is 103 cm³/mol. The smallest absolute Gasteiger partial charge is 0.186 e. The van der Waals surface area contributed by atoms with Crippen LogP contribution in [0.2, 0.25) is 0 Å². The van der Waals surface area contributed by atoms with E-state index >= 15 is 0 Å². The molecule has 1 rings (SSSR count). The maximum absolute atomic E-state index is 10.1. The highest BCUT2D eigenvalue weighted by Crippen LogP contribution is 2.22. The summed E-state index contributed by atoms with van der Waals surface area (Å²) in [6.07, 6.45) is 7.02. The van der Waals surface area contributed by atoms with Crippen molar-refractivity contribution in [1.29, 1.82) is 0 Å². The van der Waals surface area contributed by atoms with E-state index in [0.29, 0.717) is 13.2 Å². The van der Waals surface area contributed by atoms with Gasteiger partial charge in [0.1, 0.15) is 24.4 Å². The second-order valence-corrected chi connectivity index (χ2v) is 7.42. The second kappa shape index (κ2) is 14.8. The van der Waals surface area contributed by atoms with Gasteiger partial charge in [-0.2, -0.15) is 0 Å². The minimum absolute atomic E-state index is 0.440. The molecule has 1 saturated heterocycles. The van der Waals surface area contributed by atoms with Gasteiger partial charge in [-0.1, -0.05) is 65.2 Å². The lowest BCUT2D eigenvalue weighted by Crippen LogP contribution is -2.60. The number of unbranched alkanes of at least 4 members (excludes halogenated alkanes) is 8. The molecule has 1 aliphatic rings. The van der Waals surface area contributed by atoms with Gasteiger partial charge in [0.2, 0.25) is 0 Å². The average molecular weight is 376 g/mol. The van der Waals surface area contributed by atoms with Crippen LogP contribution in [0.1, 0.15) is 78.1 Å². The summed E-state index contributed by atoms with van der Waals surface area (Å²) >= 11 is 0. The molecule has 1 fully saturated rings. The highest BCUT2D eigenvalue weighted by molar-refractivity contribution is 4.90. The average Bonchev–Trinajstić information content (AvgIpc) is 2.64. The first kappa shape index (κ1) is 23.8. The van der Waals surface area contributed by atoms with Gasteiger partial charge in [0.05, 0.1) is 0 Å². The second-order valence-electron chi connectivity index (χ2n) is 7.42. The van der Waals surface area contributed by atoms with Gasteiger partial charge < -0.3 is 30.1 Å². The summed E-state index contributed by atoms with van der Waals surface area (Å²) in [7, 11) is 0. The van der Waals surface area contributed by atoms with E-state index in [-0.39, 0.29) is 0 Å². The summed E-state index contributed by atoms with van der Waals surface area (Å²) in [5.74, 6) is 0. The first-order valence-electron chi connectivity index (χ1n) is 10.6. The van der Waals surface area contributed by atoms with Crippen LogP contribution >= 0.6 is 0 Å². The van der Waals surface area contributed by atoms with E-state index in [9.17, 15) is 15.3 Å². The monoisotopic (exact) mass is 375 g/mol. The molecular formula is C20H41NO5. The van der Waals surface area contributed by atoms with E-state index in [0.717, 1.165) is 25.8 Å². The van der Waals surface area contributed by atoms with Crippen molar-refractivity contribution in [2.24, 2.45) is 0 Å². The van der Waals surface area contributed by atoms with Crippen molar-refractivity contribution in [3.05, 3.63) is 0 Å². The maximum Gasteiger partial charge on any atom is 0.186 e. The molecule has 0 bridgehead atoms. The molecular weight excluding hydrogens is 334 g/mol. The van der Waals surface area contributed by atoms with Crippen LogP contribution in [0.15, 0.2) is 0 Å². The van der Waals surface area contributed by atoms with E-state index in [1.165, 1.54) is 44.9 Å². The molecule has 0 spiro atoms. The molecule has 5 atom stereocenters. The Balaban J connectivity index is 2.15. The summed E-state index contributed by atoms with van der Waals surface area (Å²) in [5, 5.41) is 33.4. The lowest BCUT2D eigenvalue weighted by atomic mass is 9.99. The van der Waals surface area contributed by atoms with Gasteiger partial charge in [-0.15, -0.1) is 0 Å². The van der Waals surface area contributed by atoms with Crippen LogP contribution in [0.25, 0.3) is 0 Å². The van der Waals surface area contributed by atoms with Gasteiger partial charge in [0.25, 0.3) is 0 Å². The highest BCUT2D eigenvalue weighted by Gasteiger charge is 2.43. The van der Waals surface area contributed by atoms with E-state index in [1.807, 2.05) is 0 Å². The van der Waals surface area contributed by atoms with Crippen LogP contribution in [0.3, 0.4) is 0 Å². The number of hydrogen-bond acceptors (Lipinski definition) is 6. The fourth-order valence-corrected chi connectivity index (χ4v) is 3.19. The summed E-state index contributed by atoms with van der Waals surface area (Å²) in [4.78, 5) is 0. The van der Waals surface area contributed by atoms with Crippen molar-refractivity contribution in [3.8, 4) is 0 Å². The topological polar surface area (TPSA) is 91.2 Å². The zero-order valence-electron chi connectivity index (χ0n) is 16.7. The Labute approximate surface area is 159 Å². The van der Waals surface area contributed by atoms with Gasteiger partial charge in [-0.3, -0.25) is 0 Å². The van der Waals surface area contributed by atoms with Crippen LogP contribution < -0.4 is 5.32 Å². The minimum atomic E-state index is -1.25. The normalized spacial score (nSPS) is 29.2. The van der Waals surface area contributed by atoms with Crippen molar-refractivity contribution >= 4 is 0 Å². The third kappa shape index (κ3) is 9.11. The number of rotatable bonds is 15. The largest absolute Gasteiger partial charge is 0.388 e. The maximum atomic E-state index is 10.1. The zero-order valence-corrected chi connectivity index (χ0v) is 16.7. The molecule has 6 heteroatoms. The third-order valence-electron chi connectivity index (χ3n) is 5.00. The van der Waals surface area contributed by atoms with Gasteiger partial charge in [-0.05, 0) is 19.4 Å². The molecule has 1 unspecified atom stereocenters. The highest BCUT2D eigenvalue weighted by atomic mass is 16.7. The van der Waals surface area contributed by atoms with Crippen LogP contribution in [-0.4, -0.2) is 65.7 Å². The summed E-state index contributed by atoms with van der Waals surface area (Å²) in [5.41, 5.74) is 0. The SMILES string of the molecule is CCCCCCCCCCNC[C@H]1OC(OCCCC)[C@H](O)[C@@H](O)[C@@H]1O. The van der Waals surface area contributed by atoms with Crippen LogP contribution in [0.4, 0.5) is 0 Å². The van der Waals surface area contributed by atoms with Gasteiger partial charge in [-0.25, -0.2) is 0 Å². The first-order valence-corrected chi connectivity index (χ1v) is 10.6. The van der Waals surface area contributed by atoms with E-state index < -0.39 is 30.7 Å². The fraction of sp³-hybridized carbons (Fsp3) is 1.00. The number of aliphatic hydroxyl groups is 3. The van der Waals surface area contributed by atoms with Crippen molar-refractivity contribution in [1.82, 2.24) is 5.32 Å². The Morgan fingerprint density at radius 2 is 1.38 bits per heavy atom. The number of aliphatic hydroxyl groups excluding tert-OH is 3. The molecule has 0 aromatic heterocycles. The Morgan fingerprint density at radius 1 is 0.769 bits per heavy atom. The Bertz CT molecular complexity index is 331. The Kier molecular flexibility index (Phi) is 13.5.